The standard InChI is InChI=1S/C29H33N5OS/c1-5-32(6-2)22-12-14-23(15-13-22)34-20(3)18-25(21(34)4)28-27(26-11-7-8-16-30-26)31-29(36)33(28)19-24-10-9-17-35-24/h7-18,27-28H,5-6,19H2,1-4H3,(H,31,36). The van der Waals surface area contributed by atoms with E-state index in [0.29, 0.717) is 11.7 Å². The summed E-state index contributed by atoms with van der Waals surface area (Å²) >= 11 is 5.84. The lowest BCUT2D eigenvalue weighted by molar-refractivity contribution is 0.286. The lowest BCUT2D eigenvalue weighted by Crippen LogP contribution is -2.29. The van der Waals surface area contributed by atoms with Gasteiger partial charge in [0.15, 0.2) is 5.11 Å². The van der Waals surface area contributed by atoms with Crippen molar-refractivity contribution in [2.75, 3.05) is 18.0 Å². The smallest absolute Gasteiger partial charge is 0.170 e. The third kappa shape index (κ3) is 4.39. The maximum atomic E-state index is 5.84. The molecule has 36 heavy (non-hydrogen) atoms. The molecule has 1 aromatic carbocycles. The molecule has 6 nitrogen and oxygen atoms in total. The van der Waals surface area contributed by atoms with Crippen LogP contribution < -0.4 is 10.2 Å². The average molecular weight is 500 g/mol. The van der Waals surface area contributed by atoms with Gasteiger partial charge in [-0.25, -0.2) is 0 Å². The topological polar surface area (TPSA) is 49.5 Å². The predicted octanol–water partition coefficient (Wildman–Crippen LogP) is 6.10. The van der Waals surface area contributed by atoms with E-state index in [1.54, 1.807) is 6.26 Å². The molecule has 5 rings (SSSR count). The van der Waals surface area contributed by atoms with E-state index in [0.717, 1.165) is 30.2 Å². The van der Waals surface area contributed by atoms with Gasteiger partial charge in [0.05, 0.1) is 30.6 Å². The summed E-state index contributed by atoms with van der Waals surface area (Å²) in [5.74, 6) is 0.881. The summed E-state index contributed by atoms with van der Waals surface area (Å²) in [6.45, 7) is 11.3. The zero-order chi connectivity index (χ0) is 25.2. The number of benzene rings is 1. The normalized spacial score (nSPS) is 17.4. The molecule has 4 aromatic rings. The highest BCUT2D eigenvalue weighted by atomic mass is 32.1. The summed E-state index contributed by atoms with van der Waals surface area (Å²) in [5.41, 5.74) is 7.00. The molecule has 1 aliphatic rings. The molecule has 1 N–H and O–H groups in total. The Morgan fingerprint density at radius 1 is 1.03 bits per heavy atom. The molecule has 0 spiro atoms. The Bertz CT molecular complexity index is 1310. The minimum absolute atomic E-state index is 0.0209. The van der Waals surface area contributed by atoms with Crippen molar-refractivity contribution >= 4 is 23.0 Å². The van der Waals surface area contributed by atoms with E-state index in [1.807, 2.05) is 30.5 Å². The van der Waals surface area contributed by atoms with Gasteiger partial charge in [0.2, 0.25) is 0 Å². The van der Waals surface area contributed by atoms with Crippen molar-refractivity contribution in [2.24, 2.45) is 0 Å². The number of anilines is 1. The lowest BCUT2D eigenvalue weighted by atomic mass is 9.96. The zero-order valence-corrected chi connectivity index (χ0v) is 22.1. The number of nitrogens with zero attached hydrogens (tertiary/aromatic N) is 4. The molecule has 0 bridgehead atoms. The van der Waals surface area contributed by atoms with Crippen LogP contribution in [0.3, 0.4) is 0 Å². The van der Waals surface area contributed by atoms with Crippen LogP contribution in [-0.2, 0) is 6.54 Å². The second kappa shape index (κ2) is 10.2. The largest absolute Gasteiger partial charge is 0.467 e. The summed E-state index contributed by atoms with van der Waals surface area (Å²) in [5, 5.41) is 4.26. The minimum atomic E-state index is -0.0624. The maximum Gasteiger partial charge on any atom is 0.170 e. The number of hydrogen-bond acceptors (Lipinski definition) is 4. The Morgan fingerprint density at radius 2 is 1.81 bits per heavy atom. The highest BCUT2D eigenvalue weighted by molar-refractivity contribution is 7.80. The van der Waals surface area contributed by atoms with Gasteiger partial charge in [-0.3, -0.25) is 4.98 Å². The fourth-order valence-electron chi connectivity index (χ4n) is 5.37. The Morgan fingerprint density at radius 3 is 2.44 bits per heavy atom. The Hall–Kier alpha value is -3.58. The third-order valence-electron chi connectivity index (χ3n) is 7.13. The van der Waals surface area contributed by atoms with E-state index < -0.39 is 0 Å². The van der Waals surface area contributed by atoms with Crippen LogP contribution in [0.2, 0.25) is 0 Å². The maximum absolute atomic E-state index is 5.84. The number of aryl methyl sites for hydroxylation is 1. The first-order valence-electron chi connectivity index (χ1n) is 12.6. The van der Waals surface area contributed by atoms with Crippen LogP contribution in [0.15, 0.2) is 77.5 Å². The lowest BCUT2D eigenvalue weighted by Gasteiger charge is -2.27. The zero-order valence-electron chi connectivity index (χ0n) is 21.3. The van der Waals surface area contributed by atoms with Crippen molar-refractivity contribution in [1.29, 1.82) is 0 Å². The SMILES string of the molecule is CCN(CC)c1ccc(-n2c(C)cc(C3C(c4ccccn4)NC(=S)N3Cc3ccco3)c2C)cc1. The summed E-state index contributed by atoms with van der Waals surface area (Å²) in [4.78, 5) is 9.26. The van der Waals surface area contributed by atoms with Gasteiger partial charge in [-0.2, -0.15) is 0 Å². The quantitative estimate of drug-likeness (QED) is 0.296. The fraction of sp³-hybridized carbons (Fsp3) is 0.310. The third-order valence-corrected chi connectivity index (χ3v) is 7.48. The molecule has 2 unspecified atom stereocenters. The van der Waals surface area contributed by atoms with E-state index >= 15 is 0 Å². The van der Waals surface area contributed by atoms with Gasteiger partial charge in [0.25, 0.3) is 0 Å². The van der Waals surface area contributed by atoms with Crippen LogP contribution in [-0.4, -0.2) is 32.7 Å². The Labute approximate surface area is 218 Å². The number of nitrogens with one attached hydrogen (secondary N) is 1. The first-order chi connectivity index (χ1) is 17.5. The van der Waals surface area contributed by atoms with Crippen molar-refractivity contribution < 1.29 is 4.42 Å². The molecule has 0 saturated carbocycles. The van der Waals surface area contributed by atoms with Gasteiger partial charge in [-0.15, -0.1) is 0 Å². The molecule has 0 aliphatic carbocycles. The number of furan rings is 1. The van der Waals surface area contributed by atoms with Crippen molar-refractivity contribution in [1.82, 2.24) is 19.8 Å². The van der Waals surface area contributed by atoms with Gasteiger partial charge in [0, 0.05) is 42.0 Å². The molecule has 186 valence electrons. The van der Waals surface area contributed by atoms with Crippen molar-refractivity contribution in [2.45, 2.75) is 46.3 Å². The summed E-state index contributed by atoms with van der Waals surface area (Å²) in [6.07, 6.45) is 3.55. The summed E-state index contributed by atoms with van der Waals surface area (Å²) < 4.78 is 8.03. The number of pyridine rings is 1. The van der Waals surface area contributed by atoms with Gasteiger partial charge < -0.3 is 24.1 Å². The van der Waals surface area contributed by atoms with Crippen LogP contribution in [0.1, 0.15) is 54.3 Å². The second-order valence-electron chi connectivity index (χ2n) is 9.18. The Balaban J connectivity index is 1.56. The van der Waals surface area contributed by atoms with Crippen molar-refractivity contribution in [3.63, 3.8) is 0 Å². The number of rotatable bonds is 8. The van der Waals surface area contributed by atoms with Gasteiger partial charge in [-0.1, -0.05) is 6.07 Å². The van der Waals surface area contributed by atoms with E-state index in [4.69, 9.17) is 16.6 Å². The van der Waals surface area contributed by atoms with E-state index in [1.165, 1.54) is 22.6 Å². The van der Waals surface area contributed by atoms with Crippen LogP contribution in [0.5, 0.6) is 0 Å². The summed E-state index contributed by atoms with van der Waals surface area (Å²) in [6, 6.07) is 21.0. The van der Waals surface area contributed by atoms with Crippen LogP contribution in [0.4, 0.5) is 5.69 Å². The summed E-state index contributed by atoms with van der Waals surface area (Å²) in [7, 11) is 0. The monoisotopic (exact) mass is 499 g/mol. The molecule has 3 aromatic heterocycles. The van der Waals surface area contributed by atoms with E-state index in [-0.39, 0.29) is 12.1 Å². The predicted molar refractivity (Wildman–Crippen MR) is 149 cm³/mol. The highest BCUT2D eigenvalue weighted by Crippen LogP contribution is 2.42. The van der Waals surface area contributed by atoms with Crippen LogP contribution in [0, 0.1) is 13.8 Å². The van der Waals surface area contributed by atoms with Crippen molar-refractivity contribution in [3.8, 4) is 5.69 Å². The first kappa shape index (κ1) is 24.1. The molecule has 0 radical (unpaired) electrons. The molecular weight excluding hydrogens is 466 g/mol. The molecule has 4 heterocycles. The van der Waals surface area contributed by atoms with Gasteiger partial charge >= 0.3 is 0 Å². The Kier molecular flexibility index (Phi) is 6.83. The fourth-order valence-corrected chi connectivity index (χ4v) is 5.68. The molecular formula is C29H33N5OS. The number of thiocarbonyl (C=S) groups is 1. The van der Waals surface area contributed by atoms with Crippen LogP contribution in [0.25, 0.3) is 5.69 Å². The second-order valence-corrected chi connectivity index (χ2v) is 9.57. The highest BCUT2D eigenvalue weighted by Gasteiger charge is 2.41. The minimum Gasteiger partial charge on any atom is -0.467 e. The molecule has 2 atom stereocenters. The van der Waals surface area contributed by atoms with Crippen LogP contribution >= 0.6 is 12.2 Å². The van der Waals surface area contributed by atoms with Gasteiger partial charge in [-0.05, 0) is 100 Å². The molecule has 1 fully saturated rings. The molecule has 1 saturated heterocycles. The van der Waals surface area contributed by atoms with E-state index in [9.17, 15) is 0 Å². The molecule has 1 aliphatic heterocycles. The number of aromatic nitrogens is 2. The molecule has 7 heteroatoms. The average Bonchev–Trinajstić information content (AvgIpc) is 3.60. The number of hydrogen-bond donors (Lipinski definition) is 1. The first-order valence-corrected chi connectivity index (χ1v) is 13.0. The van der Waals surface area contributed by atoms with E-state index in [2.05, 4.69) is 88.8 Å². The van der Waals surface area contributed by atoms with Gasteiger partial charge in [0.1, 0.15) is 5.76 Å². The molecule has 0 amide bonds. The van der Waals surface area contributed by atoms with Crippen molar-refractivity contribution in [3.05, 3.63) is 102 Å².